The van der Waals surface area contributed by atoms with Crippen LogP contribution in [0.2, 0.25) is 0 Å². The highest BCUT2D eigenvalue weighted by Crippen LogP contribution is 2.45. The number of nitrogens with one attached hydrogen (secondary N) is 1. The van der Waals surface area contributed by atoms with Gasteiger partial charge >= 0.3 is 0 Å². The predicted molar refractivity (Wildman–Crippen MR) is 237 cm³/mol. The van der Waals surface area contributed by atoms with Gasteiger partial charge in [0.2, 0.25) is 18.2 Å². The number of hydrogen-bond donors (Lipinski definition) is 1. The second-order valence-electron chi connectivity index (χ2n) is 18.3. The third kappa shape index (κ3) is 8.84. The van der Waals surface area contributed by atoms with Crippen LogP contribution in [-0.4, -0.2) is 129 Å². The van der Waals surface area contributed by atoms with Crippen molar-refractivity contribution in [3.63, 3.8) is 0 Å². The number of rotatable bonds is 13. The molecule has 1 N–H and O–H groups in total. The number of carbonyl (C=O) groups excluding carboxylic acids is 3. The van der Waals surface area contributed by atoms with Crippen LogP contribution in [0.5, 0.6) is 11.5 Å². The first-order valence-electron chi connectivity index (χ1n) is 21.7. The number of nitrogens with zero attached hydrogens (tertiary/aromatic N) is 7. The maximum atomic E-state index is 16.1. The molecular weight excluding hydrogens is 811 g/mol. The highest BCUT2D eigenvalue weighted by Gasteiger charge is 2.48. The third-order valence-corrected chi connectivity index (χ3v) is 13.9. The molecule has 4 aromatic rings. The second kappa shape index (κ2) is 17.5. The fourth-order valence-corrected chi connectivity index (χ4v) is 10.0. The van der Waals surface area contributed by atoms with E-state index in [4.69, 9.17) is 9.47 Å². The summed E-state index contributed by atoms with van der Waals surface area (Å²) in [5.41, 5.74) is 5.34. The van der Waals surface area contributed by atoms with Crippen LogP contribution in [-0.2, 0) is 34.5 Å². The number of aryl methyl sites for hydroxylation is 2. The van der Waals surface area contributed by atoms with Crippen molar-refractivity contribution in [2.75, 3.05) is 83.9 Å². The van der Waals surface area contributed by atoms with E-state index in [0.717, 1.165) is 72.3 Å². The number of likely N-dealkylation sites (tertiary alicyclic amines) is 2. The molecule has 2 unspecified atom stereocenters. The summed E-state index contributed by atoms with van der Waals surface area (Å²) < 4.78 is 45.4. The number of halogens is 2. The Labute approximate surface area is 366 Å². The fourth-order valence-electron chi connectivity index (χ4n) is 10.0. The Morgan fingerprint density at radius 3 is 2.27 bits per heavy atom. The minimum Gasteiger partial charge on any atom is -0.496 e. The molecule has 336 valence electrons. The molecule has 4 fully saturated rings. The molecule has 3 amide bonds. The molecule has 8 rings (SSSR count). The summed E-state index contributed by atoms with van der Waals surface area (Å²) in [4.78, 5) is 63.1. The van der Waals surface area contributed by atoms with E-state index >= 15 is 8.78 Å². The van der Waals surface area contributed by atoms with Crippen molar-refractivity contribution in [1.29, 1.82) is 0 Å². The number of carbonyl (C=O) groups is 3. The van der Waals surface area contributed by atoms with Gasteiger partial charge in [-0.05, 0) is 99.3 Å². The lowest BCUT2D eigenvalue weighted by Crippen LogP contribution is -2.61. The Bertz CT molecular complexity index is 2440. The molecule has 4 aliphatic rings. The van der Waals surface area contributed by atoms with E-state index in [1.807, 2.05) is 50.2 Å². The SMILES string of the molecule is COc1cc(-c2cn(C)c(=O)c3cnc(N(C)C)cc23)cc(OC)c1CN1CCC(CN2CCC3(CC2)CN(c2ccc(CN(C=O)C4CCC(=O)NC4=O)c(C)c2)C3)C(F)(F)C1. The van der Waals surface area contributed by atoms with E-state index in [1.165, 1.54) is 9.47 Å². The van der Waals surface area contributed by atoms with Gasteiger partial charge in [-0.25, -0.2) is 13.8 Å². The van der Waals surface area contributed by atoms with Crippen molar-refractivity contribution in [2.24, 2.45) is 18.4 Å². The molecule has 0 saturated carbocycles. The number of amides is 3. The fraction of sp³-hybridized carbons (Fsp3) is 0.511. The summed E-state index contributed by atoms with van der Waals surface area (Å²) in [5.74, 6) is -2.61. The standard InChI is InChI=1S/C47H58F2N8O6/c1-30-17-34(8-7-31(30)22-56(29-58)39-9-10-43(59)51-44(39)60)57-26-46(27-57)12-15-54(16-13-46)23-33-11-14-55(28-47(33,48)49)25-38-40(62-5)18-32(19-41(38)63-6)37-24-53(4)45(61)36-21-50-42(52(2)3)20-35(36)37/h7-8,17-21,24,29,33,39H,9-16,22-23,25-28H2,1-6H3,(H,51,59,60). The zero-order chi connectivity index (χ0) is 44.8. The molecule has 0 radical (unpaired) electrons. The lowest BCUT2D eigenvalue weighted by Gasteiger charge is -2.55. The molecule has 6 heterocycles. The molecule has 14 nitrogen and oxygen atoms in total. The lowest BCUT2D eigenvalue weighted by molar-refractivity contribution is -0.141. The number of methoxy groups -OCH3 is 2. The number of anilines is 2. The van der Waals surface area contributed by atoms with Crippen molar-refractivity contribution in [1.82, 2.24) is 29.6 Å². The third-order valence-electron chi connectivity index (χ3n) is 13.9. The Balaban J connectivity index is 0.860. The largest absolute Gasteiger partial charge is 0.496 e. The monoisotopic (exact) mass is 868 g/mol. The molecule has 63 heavy (non-hydrogen) atoms. The molecule has 0 aliphatic carbocycles. The normalized spacial score (nSPS) is 21.2. The van der Waals surface area contributed by atoms with Crippen LogP contribution in [0.1, 0.15) is 48.8 Å². The van der Waals surface area contributed by atoms with Gasteiger partial charge in [-0.15, -0.1) is 0 Å². The van der Waals surface area contributed by atoms with Gasteiger partial charge in [0.1, 0.15) is 23.4 Å². The molecule has 2 atom stereocenters. The topological polar surface area (TPSA) is 133 Å². The number of imide groups is 1. The van der Waals surface area contributed by atoms with Gasteiger partial charge < -0.3 is 33.6 Å². The van der Waals surface area contributed by atoms with Gasteiger partial charge in [-0.3, -0.25) is 29.4 Å². The summed E-state index contributed by atoms with van der Waals surface area (Å²) >= 11 is 0. The number of hydrogen-bond acceptors (Lipinski definition) is 11. The van der Waals surface area contributed by atoms with E-state index in [0.29, 0.717) is 60.6 Å². The number of ether oxygens (including phenoxy) is 2. The number of alkyl halides is 2. The molecule has 0 bridgehead atoms. The number of benzene rings is 2. The smallest absolute Gasteiger partial charge is 0.264 e. The van der Waals surface area contributed by atoms with Gasteiger partial charge in [0.15, 0.2) is 0 Å². The highest BCUT2D eigenvalue weighted by atomic mass is 19.3. The minimum absolute atomic E-state index is 0.159. The lowest BCUT2D eigenvalue weighted by atomic mass is 9.71. The summed E-state index contributed by atoms with van der Waals surface area (Å²) in [7, 11) is 8.62. The van der Waals surface area contributed by atoms with Crippen molar-refractivity contribution in [2.45, 2.75) is 64.1 Å². The van der Waals surface area contributed by atoms with E-state index in [-0.39, 0.29) is 42.9 Å². The maximum Gasteiger partial charge on any atom is 0.264 e. The van der Waals surface area contributed by atoms with E-state index in [1.54, 1.807) is 38.6 Å². The quantitative estimate of drug-likeness (QED) is 0.147. The summed E-state index contributed by atoms with van der Waals surface area (Å²) in [5, 5.41) is 3.55. The van der Waals surface area contributed by atoms with E-state index in [9.17, 15) is 19.2 Å². The molecule has 2 aromatic heterocycles. The average molecular weight is 869 g/mol. The second-order valence-corrected chi connectivity index (χ2v) is 18.3. The van der Waals surface area contributed by atoms with E-state index < -0.39 is 23.8 Å². The van der Waals surface area contributed by atoms with Crippen molar-refractivity contribution < 1.29 is 32.6 Å². The summed E-state index contributed by atoms with van der Waals surface area (Å²) in [6.07, 6.45) is 6.89. The van der Waals surface area contributed by atoms with Crippen LogP contribution in [0.25, 0.3) is 21.9 Å². The molecule has 4 saturated heterocycles. The Morgan fingerprint density at radius 2 is 1.65 bits per heavy atom. The molecule has 4 aliphatic heterocycles. The Hall–Kier alpha value is -5.61. The van der Waals surface area contributed by atoms with Crippen molar-refractivity contribution in [3.8, 4) is 22.6 Å². The van der Waals surface area contributed by atoms with Crippen molar-refractivity contribution in [3.05, 3.63) is 75.8 Å². The predicted octanol–water partition coefficient (Wildman–Crippen LogP) is 4.82. The summed E-state index contributed by atoms with van der Waals surface area (Å²) in [6.45, 7) is 6.48. The first kappa shape index (κ1) is 44.0. The van der Waals surface area contributed by atoms with Crippen molar-refractivity contribution >= 4 is 40.5 Å². The zero-order valence-electron chi connectivity index (χ0n) is 37.1. The van der Waals surface area contributed by atoms with Gasteiger partial charge in [0.05, 0.1) is 31.7 Å². The number of piperidine rings is 3. The van der Waals surface area contributed by atoms with Crippen LogP contribution < -0.4 is 30.1 Å². The zero-order valence-corrected chi connectivity index (χ0v) is 37.1. The van der Waals surface area contributed by atoms with Crippen LogP contribution in [0.3, 0.4) is 0 Å². The Kier molecular flexibility index (Phi) is 12.2. The van der Waals surface area contributed by atoms with Crippen LogP contribution in [0, 0.1) is 18.3 Å². The first-order valence-corrected chi connectivity index (χ1v) is 21.7. The number of pyridine rings is 2. The van der Waals surface area contributed by atoms with Crippen LogP contribution >= 0.6 is 0 Å². The summed E-state index contributed by atoms with van der Waals surface area (Å²) in [6, 6.07) is 11.2. The first-order chi connectivity index (χ1) is 30.1. The van der Waals surface area contributed by atoms with E-state index in [2.05, 4.69) is 32.2 Å². The molecule has 2 aromatic carbocycles. The molecule has 16 heteroatoms. The minimum atomic E-state index is -2.87. The Morgan fingerprint density at radius 1 is 0.937 bits per heavy atom. The molecule has 1 spiro atoms. The van der Waals surface area contributed by atoms with Gasteiger partial charge in [-0.2, -0.15) is 0 Å². The number of fused-ring (bicyclic) bond motifs is 1. The van der Waals surface area contributed by atoms with Gasteiger partial charge in [0, 0.05) is 101 Å². The van der Waals surface area contributed by atoms with Crippen LogP contribution in [0.4, 0.5) is 20.3 Å². The molecular formula is C47H58F2N8O6. The maximum absolute atomic E-state index is 16.1. The van der Waals surface area contributed by atoms with Gasteiger partial charge in [-0.1, -0.05) is 6.07 Å². The highest BCUT2D eigenvalue weighted by molar-refractivity contribution is 6.01. The number of aromatic nitrogens is 2. The van der Waals surface area contributed by atoms with Gasteiger partial charge in [0.25, 0.3) is 11.5 Å². The van der Waals surface area contributed by atoms with Crippen LogP contribution in [0.15, 0.2) is 53.6 Å². The average Bonchev–Trinajstić information content (AvgIpc) is 3.25.